The molecule has 1 fully saturated rings. The normalized spacial score (nSPS) is 19.2. The molecular weight excluding hydrogens is 374 g/mol. The number of ether oxygens (including phenoxy) is 1. The van der Waals surface area contributed by atoms with Crippen LogP contribution in [0.5, 0.6) is 11.5 Å². The highest BCUT2D eigenvalue weighted by molar-refractivity contribution is 6.05. The van der Waals surface area contributed by atoms with Crippen LogP contribution in [0.2, 0.25) is 0 Å². The maximum atomic E-state index is 13.0. The lowest BCUT2D eigenvalue weighted by molar-refractivity contribution is 0.0869. The molecule has 1 aliphatic carbocycles. The van der Waals surface area contributed by atoms with Crippen molar-refractivity contribution >= 4 is 17.2 Å². The highest BCUT2D eigenvalue weighted by Crippen LogP contribution is 2.34. The molecule has 0 saturated heterocycles. The van der Waals surface area contributed by atoms with Gasteiger partial charge in [0.15, 0.2) is 17.3 Å². The van der Waals surface area contributed by atoms with Crippen LogP contribution in [0.15, 0.2) is 30.6 Å². The zero-order valence-corrected chi connectivity index (χ0v) is 16.0. The van der Waals surface area contributed by atoms with Gasteiger partial charge in [-0.3, -0.25) is 4.79 Å². The first-order chi connectivity index (χ1) is 14.0. The quantitative estimate of drug-likeness (QED) is 0.526. The van der Waals surface area contributed by atoms with Crippen LogP contribution >= 0.6 is 0 Å². The lowest BCUT2D eigenvalue weighted by atomic mass is 9.93. The Morgan fingerprint density at radius 3 is 2.76 bits per heavy atom. The Morgan fingerprint density at radius 2 is 2.03 bits per heavy atom. The Balaban J connectivity index is 1.74. The summed E-state index contributed by atoms with van der Waals surface area (Å²) >= 11 is 0. The van der Waals surface area contributed by atoms with Crippen molar-refractivity contribution < 1.29 is 19.7 Å². The highest BCUT2D eigenvalue weighted by atomic mass is 16.5. The Bertz CT molecular complexity index is 1060. The fourth-order valence-corrected chi connectivity index (χ4v) is 3.77. The van der Waals surface area contributed by atoms with Crippen LogP contribution in [0.1, 0.15) is 36.0 Å². The topological polar surface area (TPSA) is 135 Å². The molecule has 29 heavy (non-hydrogen) atoms. The van der Waals surface area contributed by atoms with E-state index >= 15 is 0 Å². The molecule has 0 atom stereocenters. The number of methoxy groups -OCH3 is 1. The van der Waals surface area contributed by atoms with Gasteiger partial charge in [0.2, 0.25) is 0 Å². The number of hydrogen-bond donors (Lipinski definition) is 4. The van der Waals surface area contributed by atoms with Crippen molar-refractivity contribution in [1.82, 2.24) is 19.9 Å². The number of hydrogen-bond acceptors (Lipinski definition) is 7. The SMILES string of the molecule is COc1cc(-c2cc(C(=O)NC3CCC(O)CC3)c3c(N)ncnn23)ccc1O. The monoisotopic (exact) mass is 397 g/mol. The number of nitrogens with zero attached hydrogens (tertiary/aromatic N) is 3. The molecule has 5 N–H and O–H groups in total. The van der Waals surface area contributed by atoms with Gasteiger partial charge in [-0.05, 0) is 49.9 Å². The summed E-state index contributed by atoms with van der Waals surface area (Å²) in [5, 5.41) is 26.8. The van der Waals surface area contributed by atoms with Gasteiger partial charge in [-0.25, -0.2) is 9.50 Å². The van der Waals surface area contributed by atoms with Crippen molar-refractivity contribution in [3.63, 3.8) is 0 Å². The first-order valence-electron chi connectivity index (χ1n) is 9.46. The van der Waals surface area contributed by atoms with Gasteiger partial charge >= 0.3 is 0 Å². The molecule has 0 bridgehead atoms. The third kappa shape index (κ3) is 3.56. The zero-order valence-electron chi connectivity index (χ0n) is 16.0. The van der Waals surface area contributed by atoms with Gasteiger partial charge < -0.3 is 26.0 Å². The molecule has 0 radical (unpaired) electrons. The van der Waals surface area contributed by atoms with Crippen molar-refractivity contribution in [3.8, 4) is 22.8 Å². The number of carbonyl (C=O) groups excluding carboxylic acids is 1. The molecule has 0 spiro atoms. The Morgan fingerprint density at radius 1 is 1.28 bits per heavy atom. The third-order valence-corrected chi connectivity index (χ3v) is 5.33. The fourth-order valence-electron chi connectivity index (χ4n) is 3.77. The number of aliphatic hydroxyl groups excluding tert-OH is 1. The Kier molecular flexibility index (Phi) is 4.98. The number of benzene rings is 1. The molecule has 0 unspecified atom stereocenters. The van der Waals surface area contributed by atoms with Gasteiger partial charge in [0.25, 0.3) is 5.91 Å². The van der Waals surface area contributed by atoms with Gasteiger partial charge in [-0.1, -0.05) is 0 Å². The number of carbonyl (C=O) groups is 1. The van der Waals surface area contributed by atoms with E-state index in [9.17, 15) is 15.0 Å². The minimum absolute atomic E-state index is 0.00363. The summed E-state index contributed by atoms with van der Waals surface area (Å²) in [5.74, 6) is 0.263. The summed E-state index contributed by atoms with van der Waals surface area (Å²) in [6.07, 6.45) is 3.84. The number of anilines is 1. The maximum Gasteiger partial charge on any atom is 0.253 e. The van der Waals surface area contributed by atoms with Crippen LogP contribution in [0.4, 0.5) is 5.82 Å². The summed E-state index contributed by atoms with van der Waals surface area (Å²) in [4.78, 5) is 17.0. The predicted molar refractivity (Wildman–Crippen MR) is 107 cm³/mol. The Labute approximate surface area is 167 Å². The van der Waals surface area contributed by atoms with Gasteiger partial charge in [-0.15, -0.1) is 0 Å². The molecule has 1 aliphatic rings. The molecule has 2 aromatic heterocycles. The van der Waals surface area contributed by atoms with Crippen LogP contribution in [0.3, 0.4) is 0 Å². The van der Waals surface area contributed by atoms with Crippen LogP contribution in [0.25, 0.3) is 16.8 Å². The van der Waals surface area contributed by atoms with E-state index in [2.05, 4.69) is 15.4 Å². The highest BCUT2D eigenvalue weighted by Gasteiger charge is 2.25. The molecular formula is C20H23N5O4. The number of amides is 1. The number of aliphatic hydroxyl groups is 1. The second kappa shape index (κ2) is 7.59. The molecule has 4 rings (SSSR count). The maximum absolute atomic E-state index is 13.0. The molecule has 3 aromatic rings. The number of aromatic hydroxyl groups is 1. The standard InChI is InChI=1S/C20H23N5O4/c1-29-17-8-11(2-7-16(17)27)15-9-14(18-19(21)22-10-23-25(15)18)20(28)24-12-3-5-13(26)6-4-12/h2,7-10,12-13,26-27H,3-6H2,1H3,(H,24,28)(H2,21,22,23). The number of nitrogens with two attached hydrogens (primary N) is 1. The van der Waals surface area contributed by atoms with Crippen LogP contribution in [-0.4, -0.2) is 50.0 Å². The van der Waals surface area contributed by atoms with E-state index in [4.69, 9.17) is 10.5 Å². The van der Waals surface area contributed by atoms with Gasteiger partial charge in [0.05, 0.1) is 24.5 Å². The number of nitrogen functional groups attached to an aromatic ring is 1. The average Bonchev–Trinajstić information content (AvgIpc) is 3.11. The van der Waals surface area contributed by atoms with E-state index in [1.54, 1.807) is 22.7 Å². The summed E-state index contributed by atoms with van der Waals surface area (Å²) < 4.78 is 6.75. The van der Waals surface area contributed by atoms with Crippen molar-refractivity contribution in [3.05, 3.63) is 36.2 Å². The minimum Gasteiger partial charge on any atom is -0.504 e. The summed E-state index contributed by atoms with van der Waals surface area (Å²) in [7, 11) is 1.47. The van der Waals surface area contributed by atoms with E-state index in [-0.39, 0.29) is 29.6 Å². The fraction of sp³-hybridized carbons (Fsp3) is 0.350. The summed E-state index contributed by atoms with van der Waals surface area (Å²) in [6.45, 7) is 0. The van der Waals surface area contributed by atoms with E-state index in [1.807, 2.05) is 0 Å². The Hall–Kier alpha value is -3.33. The second-order valence-electron chi connectivity index (χ2n) is 7.21. The average molecular weight is 397 g/mol. The van der Waals surface area contributed by atoms with Gasteiger partial charge in [0, 0.05) is 11.6 Å². The molecule has 152 valence electrons. The van der Waals surface area contributed by atoms with Crippen LogP contribution in [0, 0.1) is 0 Å². The minimum atomic E-state index is -0.293. The second-order valence-corrected chi connectivity index (χ2v) is 7.21. The van der Waals surface area contributed by atoms with E-state index in [0.29, 0.717) is 40.9 Å². The van der Waals surface area contributed by atoms with E-state index < -0.39 is 0 Å². The molecule has 0 aliphatic heterocycles. The van der Waals surface area contributed by atoms with Crippen molar-refractivity contribution in [2.24, 2.45) is 0 Å². The molecule has 9 nitrogen and oxygen atoms in total. The van der Waals surface area contributed by atoms with Crippen molar-refractivity contribution in [2.75, 3.05) is 12.8 Å². The molecule has 1 amide bonds. The first kappa shape index (κ1) is 19.0. The third-order valence-electron chi connectivity index (χ3n) is 5.33. The number of rotatable bonds is 4. The first-order valence-corrected chi connectivity index (χ1v) is 9.46. The van der Waals surface area contributed by atoms with Crippen molar-refractivity contribution in [1.29, 1.82) is 0 Å². The van der Waals surface area contributed by atoms with Crippen LogP contribution < -0.4 is 15.8 Å². The molecule has 1 saturated carbocycles. The zero-order chi connectivity index (χ0) is 20.5. The van der Waals surface area contributed by atoms with Crippen LogP contribution in [-0.2, 0) is 0 Å². The van der Waals surface area contributed by atoms with E-state index in [0.717, 1.165) is 12.8 Å². The number of phenols is 1. The van der Waals surface area contributed by atoms with Gasteiger partial charge in [-0.2, -0.15) is 5.10 Å². The number of aromatic nitrogens is 3. The molecule has 2 heterocycles. The number of phenolic OH excluding ortho intramolecular Hbond substituents is 1. The molecule has 9 heteroatoms. The van der Waals surface area contributed by atoms with Gasteiger partial charge in [0.1, 0.15) is 11.8 Å². The largest absolute Gasteiger partial charge is 0.504 e. The predicted octanol–water partition coefficient (Wildman–Crippen LogP) is 1.73. The smallest absolute Gasteiger partial charge is 0.253 e. The van der Waals surface area contributed by atoms with Crippen molar-refractivity contribution in [2.45, 2.75) is 37.8 Å². The lowest BCUT2D eigenvalue weighted by Crippen LogP contribution is -2.38. The summed E-state index contributed by atoms with van der Waals surface area (Å²) in [6, 6.07) is 6.61. The number of nitrogens with one attached hydrogen (secondary N) is 1. The molecule has 1 aromatic carbocycles. The summed E-state index contributed by atoms with van der Waals surface area (Å²) in [5.41, 5.74) is 8.18. The number of fused-ring (bicyclic) bond motifs is 1. The van der Waals surface area contributed by atoms with E-state index in [1.165, 1.54) is 19.5 Å². The lowest BCUT2D eigenvalue weighted by Gasteiger charge is -2.26.